The van der Waals surface area contributed by atoms with Crippen LogP contribution in [0.2, 0.25) is 0 Å². The molecule has 2 N–H and O–H groups in total. The van der Waals surface area contributed by atoms with Crippen molar-refractivity contribution < 1.29 is 4.74 Å². The van der Waals surface area contributed by atoms with Crippen molar-refractivity contribution in [3.8, 4) is 0 Å². The van der Waals surface area contributed by atoms with Gasteiger partial charge in [-0.25, -0.2) is 0 Å². The first kappa shape index (κ1) is 11.0. The summed E-state index contributed by atoms with van der Waals surface area (Å²) in [6.07, 6.45) is 8.51. The zero-order valence-corrected chi connectivity index (χ0v) is 10.1. The Labute approximate surface area is 98.3 Å². The first-order valence-electron chi connectivity index (χ1n) is 7.00. The van der Waals surface area contributed by atoms with E-state index in [4.69, 9.17) is 4.74 Å². The third-order valence-corrected chi connectivity index (χ3v) is 4.51. The molecule has 0 aromatic carbocycles. The molecular weight excluding hydrogens is 200 g/mol. The first-order valence-corrected chi connectivity index (χ1v) is 7.00. The second-order valence-corrected chi connectivity index (χ2v) is 5.67. The first-order chi connectivity index (χ1) is 7.92. The summed E-state index contributed by atoms with van der Waals surface area (Å²) >= 11 is 0. The van der Waals surface area contributed by atoms with E-state index < -0.39 is 0 Å². The van der Waals surface area contributed by atoms with Crippen LogP contribution in [0.1, 0.15) is 38.5 Å². The highest BCUT2D eigenvalue weighted by Crippen LogP contribution is 2.32. The molecule has 0 aromatic heterocycles. The van der Waals surface area contributed by atoms with Gasteiger partial charge in [0.1, 0.15) is 0 Å². The molecule has 0 spiro atoms. The smallest absolute Gasteiger partial charge is 0.0588 e. The molecule has 92 valence electrons. The van der Waals surface area contributed by atoms with Gasteiger partial charge >= 0.3 is 0 Å². The minimum atomic E-state index is 0.547. The van der Waals surface area contributed by atoms with Crippen LogP contribution in [-0.2, 0) is 4.74 Å². The van der Waals surface area contributed by atoms with Gasteiger partial charge in [-0.1, -0.05) is 0 Å². The average Bonchev–Trinajstić information content (AvgIpc) is 3.01. The van der Waals surface area contributed by atoms with Crippen LogP contribution in [0.3, 0.4) is 0 Å². The molecule has 3 fully saturated rings. The zero-order chi connectivity index (χ0) is 10.8. The number of nitrogens with one attached hydrogen (secondary N) is 2. The molecule has 16 heavy (non-hydrogen) atoms. The standard InChI is InChI=1S/C13H24N2O/c1-2-12(16-7-1)5-6-14-9-10-8-11-3-4-13(10)15-11/h10-15H,1-9H2. The average molecular weight is 224 g/mol. The molecule has 3 heterocycles. The van der Waals surface area contributed by atoms with E-state index in [1.54, 1.807) is 0 Å². The van der Waals surface area contributed by atoms with Crippen LogP contribution < -0.4 is 10.6 Å². The van der Waals surface area contributed by atoms with Crippen molar-refractivity contribution in [2.24, 2.45) is 5.92 Å². The molecule has 0 aliphatic carbocycles. The molecule has 4 unspecified atom stereocenters. The normalized spacial score (nSPS) is 42.0. The Bertz CT molecular complexity index is 228. The monoisotopic (exact) mass is 224 g/mol. The Morgan fingerprint density at radius 1 is 1.25 bits per heavy atom. The molecule has 3 saturated heterocycles. The molecule has 2 bridgehead atoms. The van der Waals surface area contributed by atoms with Gasteiger partial charge < -0.3 is 15.4 Å². The fourth-order valence-corrected chi connectivity index (χ4v) is 3.59. The SMILES string of the molecule is C1COC(CCNCC2CC3CCC2N3)C1. The van der Waals surface area contributed by atoms with Gasteiger partial charge in [0.2, 0.25) is 0 Å². The fraction of sp³-hybridized carbons (Fsp3) is 1.00. The van der Waals surface area contributed by atoms with Crippen LogP contribution in [0.15, 0.2) is 0 Å². The Kier molecular flexibility index (Phi) is 3.46. The van der Waals surface area contributed by atoms with Crippen LogP contribution in [0.4, 0.5) is 0 Å². The third kappa shape index (κ3) is 2.41. The Morgan fingerprint density at radius 3 is 2.94 bits per heavy atom. The quantitative estimate of drug-likeness (QED) is 0.690. The van der Waals surface area contributed by atoms with Gasteiger partial charge in [0, 0.05) is 18.7 Å². The van der Waals surface area contributed by atoms with Crippen molar-refractivity contribution in [3.63, 3.8) is 0 Å². The predicted molar refractivity (Wildman–Crippen MR) is 64.5 cm³/mol. The predicted octanol–water partition coefficient (Wildman–Crippen LogP) is 1.29. The molecule has 0 aromatic rings. The molecule has 3 aliphatic rings. The summed E-state index contributed by atoms with van der Waals surface area (Å²) in [5.74, 6) is 0.892. The van der Waals surface area contributed by atoms with Crippen molar-refractivity contribution in [2.45, 2.75) is 56.7 Å². The summed E-state index contributed by atoms with van der Waals surface area (Å²) in [6.45, 7) is 3.33. The molecule has 0 saturated carbocycles. The molecule has 0 radical (unpaired) electrons. The number of hydrogen-bond acceptors (Lipinski definition) is 3. The summed E-state index contributed by atoms with van der Waals surface area (Å²) in [4.78, 5) is 0. The molecular formula is C13H24N2O. The van der Waals surface area contributed by atoms with E-state index in [0.717, 1.165) is 31.2 Å². The van der Waals surface area contributed by atoms with Gasteiger partial charge in [0.15, 0.2) is 0 Å². The van der Waals surface area contributed by atoms with Gasteiger partial charge in [-0.2, -0.15) is 0 Å². The summed E-state index contributed by atoms with van der Waals surface area (Å²) in [6, 6.07) is 1.66. The number of ether oxygens (including phenoxy) is 1. The van der Waals surface area contributed by atoms with E-state index in [2.05, 4.69) is 10.6 Å². The van der Waals surface area contributed by atoms with Gasteiger partial charge in [0.25, 0.3) is 0 Å². The number of rotatable bonds is 5. The molecule has 3 rings (SSSR count). The van der Waals surface area contributed by atoms with Gasteiger partial charge in [-0.05, 0) is 57.5 Å². The summed E-state index contributed by atoms with van der Waals surface area (Å²) in [5.41, 5.74) is 0. The second-order valence-electron chi connectivity index (χ2n) is 5.67. The van der Waals surface area contributed by atoms with Crippen LogP contribution in [0.25, 0.3) is 0 Å². The lowest BCUT2D eigenvalue weighted by Gasteiger charge is -2.20. The number of fused-ring (bicyclic) bond motifs is 2. The summed E-state index contributed by atoms with van der Waals surface area (Å²) in [7, 11) is 0. The van der Waals surface area contributed by atoms with Gasteiger partial charge in [-0.15, -0.1) is 0 Å². The van der Waals surface area contributed by atoms with Crippen molar-refractivity contribution >= 4 is 0 Å². The van der Waals surface area contributed by atoms with Gasteiger partial charge in [0.05, 0.1) is 6.10 Å². The van der Waals surface area contributed by atoms with E-state index in [0.29, 0.717) is 6.10 Å². The molecule has 3 nitrogen and oxygen atoms in total. The summed E-state index contributed by atoms with van der Waals surface area (Å²) in [5, 5.41) is 7.31. The topological polar surface area (TPSA) is 33.3 Å². The Balaban J connectivity index is 1.29. The highest BCUT2D eigenvalue weighted by molar-refractivity contribution is 4.97. The van der Waals surface area contributed by atoms with Crippen molar-refractivity contribution in [1.29, 1.82) is 0 Å². The van der Waals surface area contributed by atoms with Crippen LogP contribution in [0, 0.1) is 5.92 Å². The zero-order valence-electron chi connectivity index (χ0n) is 10.1. The van der Waals surface area contributed by atoms with Crippen molar-refractivity contribution in [1.82, 2.24) is 10.6 Å². The van der Waals surface area contributed by atoms with E-state index >= 15 is 0 Å². The Morgan fingerprint density at radius 2 is 2.25 bits per heavy atom. The summed E-state index contributed by atoms with van der Waals surface area (Å²) < 4.78 is 5.62. The van der Waals surface area contributed by atoms with E-state index in [-0.39, 0.29) is 0 Å². The number of hydrogen-bond donors (Lipinski definition) is 2. The third-order valence-electron chi connectivity index (χ3n) is 4.51. The van der Waals surface area contributed by atoms with Crippen molar-refractivity contribution in [3.05, 3.63) is 0 Å². The fourth-order valence-electron chi connectivity index (χ4n) is 3.59. The maximum absolute atomic E-state index is 5.62. The molecule has 0 amide bonds. The van der Waals surface area contributed by atoms with Crippen molar-refractivity contribution in [2.75, 3.05) is 19.7 Å². The highest BCUT2D eigenvalue weighted by atomic mass is 16.5. The Hall–Kier alpha value is -0.120. The van der Waals surface area contributed by atoms with Gasteiger partial charge in [-0.3, -0.25) is 0 Å². The minimum Gasteiger partial charge on any atom is -0.378 e. The molecule has 4 atom stereocenters. The van der Waals surface area contributed by atoms with Crippen LogP contribution >= 0.6 is 0 Å². The molecule has 3 aliphatic heterocycles. The van der Waals surface area contributed by atoms with E-state index in [1.165, 1.54) is 45.1 Å². The van der Waals surface area contributed by atoms with E-state index in [9.17, 15) is 0 Å². The van der Waals surface area contributed by atoms with Crippen LogP contribution in [0.5, 0.6) is 0 Å². The van der Waals surface area contributed by atoms with E-state index in [1.807, 2.05) is 0 Å². The molecule has 3 heteroatoms. The lowest BCUT2D eigenvalue weighted by Crippen LogP contribution is -2.32. The largest absolute Gasteiger partial charge is 0.378 e. The second kappa shape index (κ2) is 5.03. The van der Waals surface area contributed by atoms with Crippen LogP contribution in [-0.4, -0.2) is 37.9 Å². The maximum Gasteiger partial charge on any atom is 0.0588 e. The lowest BCUT2D eigenvalue weighted by atomic mass is 9.89. The maximum atomic E-state index is 5.62. The highest BCUT2D eigenvalue weighted by Gasteiger charge is 2.38. The minimum absolute atomic E-state index is 0.547. The lowest BCUT2D eigenvalue weighted by molar-refractivity contribution is 0.104.